The van der Waals surface area contributed by atoms with Gasteiger partial charge in [0.05, 0.1) is 6.10 Å². The van der Waals surface area contributed by atoms with Crippen molar-refractivity contribution in [2.75, 3.05) is 13.2 Å². The highest BCUT2D eigenvalue weighted by Crippen LogP contribution is 2.09. The number of hydrogen-bond acceptors (Lipinski definition) is 2. The highest BCUT2D eigenvalue weighted by molar-refractivity contribution is 7.78. The average Bonchev–Trinajstić information content (AvgIpc) is 2.34. The van der Waals surface area contributed by atoms with Gasteiger partial charge in [0.15, 0.2) is 0 Å². The Kier molecular flexibility index (Phi) is 2.94. The molecule has 1 N–H and O–H groups in total. The van der Waals surface area contributed by atoms with E-state index in [2.05, 4.69) is 23.0 Å². The largest absolute Gasteiger partial charge is 0.376 e. The van der Waals surface area contributed by atoms with Crippen molar-refractivity contribution in [1.29, 1.82) is 0 Å². The Morgan fingerprint density at radius 3 is 3.22 bits per heavy atom. The molecule has 1 saturated heterocycles. The Morgan fingerprint density at radius 1 is 1.78 bits per heavy atom. The summed E-state index contributed by atoms with van der Waals surface area (Å²) in [6.45, 7) is 1.73. The van der Waals surface area contributed by atoms with Crippen molar-refractivity contribution < 1.29 is 4.74 Å². The van der Waals surface area contributed by atoms with E-state index in [0.717, 1.165) is 19.6 Å². The molecule has 1 heterocycles. The van der Waals surface area contributed by atoms with Gasteiger partial charge in [-0.25, -0.2) is 0 Å². The monoisotopic (exact) mass is 144 g/mol. The summed E-state index contributed by atoms with van der Waals surface area (Å²) in [5, 5.41) is 2.83. The van der Waals surface area contributed by atoms with Crippen molar-refractivity contribution >= 4 is 17.7 Å². The molecule has 0 spiro atoms. The van der Waals surface area contributed by atoms with E-state index in [4.69, 9.17) is 4.74 Å². The predicted molar refractivity (Wildman–Crippen MR) is 39.6 cm³/mol. The van der Waals surface area contributed by atoms with Gasteiger partial charge in [-0.05, 0) is 12.8 Å². The third kappa shape index (κ3) is 2.28. The highest BCUT2D eigenvalue weighted by Gasteiger charge is 2.13. The van der Waals surface area contributed by atoms with Crippen molar-refractivity contribution in [3.8, 4) is 0 Å². The van der Waals surface area contributed by atoms with Gasteiger partial charge in [0.25, 0.3) is 0 Å². The minimum absolute atomic E-state index is 0.375. The molecule has 51 valence electrons. The van der Waals surface area contributed by atoms with Gasteiger partial charge < -0.3 is 10.1 Å². The molecule has 1 aliphatic rings. The van der Waals surface area contributed by atoms with Crippen molar-refractivity contribution in [2.45, 2.75) is 18.9 Å². The zero-order valence-electron chi connectivity index (χ0n) is 5.22. The highest BCUT2D eigenvalue weighted by atomic mass is 32.1. The smallest absolute Gasteiger partial charge is 0.134 e. The Labute approximate surface area is 60.6 Å². The molecule has 1 rings (SSSR count). The van der Waals surface area contributed by atoms with Gasteiger partial charge in [-0.15, -0.1) is 0 Å². The SMILES string of the molecule is S=[C]NCC1CCCO1. The number of rotatable bonds is 3. The van der Waals surface area contributed by atoms with Gasteiger partial charge in [0.2, 0.25) is 0 Å². The molecule has 0 saturated carbocycles. The molecule has 0 bridgehead atoms. The molecule has 0 aromatic carbocycles. The molecule has 0 aromatic rings. The van der Waals surface area contributed by atoms with E-state index in [1.54, 1.807) is 0 Å². The fourth-order valence-electron chi connectivity index (χ4n) is 0.961. The lowest BCUT2D eigenvalue weighted by Crippen LogP contribution is -2.24. The molecule has 2 nitrogen and oxygen atoms in total. The first-order valence-corrected chi connectivity index (χ1v) is 3.56. The van der Waals surface area contributed by atoms with Gasteiger partial charge in [-0.2, -0.15) is 0 Å². The molecule has 0 aromatic heterocycles. The van der Waals surface area contributed by atoms with Crippen molar-refractivity contribution in [1.82, 2.24) is 5.32 Å². The first-order chi connectivity index (χ1) is 4.43. The van der Waals surface area contributed by atoms with E-state index in [-0.39, 0.29) is 0 Å². The molecular weight excluding hydrogens is 134 g/mol. The first-order valence-electron chi connectivity index (χ1n) is 3.15. The van der Waals surface area contributed by atoms with Crippen LogP contribution < -0.4 is 5.32 Å². The Hall–Kier alpha value is -0.150. The minimum Gasteiger partial charge on any atom is -0.376 e. The lowest BCUT2D eigenvalue weighted by atomic mass is 10.2. The van der Waals surface area contributed by atoms with Crippen LogP contribution in [0, 0.1) is 0 Å². The molecule has 9 heavy (non-hydrogen) atoms. The number of ether oxygens (including phenoxy) is 1. The summed E-state index contributed by atoms with van der Waals surface area (Å²) in [5.41, 5.74) is 2.45. The molecular formula is C6H10NOS. The molecule has 1 atom stereocenters. The van der Waals surface area contributed by atoms with E-state index >= 15 is 0 Å². The van der Waals surface area contributed by atoms with E-state index in [0.29, 0.717) is 6.10 Å². The van der Waals surface area contributed by atoms with Crippen LogP contribution in [-0.4, -0.2) is 24.7 Å². The predicted octanol–water partition coefficient (Wildman–Crippen LogP) is 0.589. The third-order valence-corrected chi connectivity index (χ3v) is 1.57. The second-order valence-corrected chi connectivity index (χ2v) is 2.32. The molecule has 1 fully saturated rings. The molecule has 1 radical (unpaired) electrons. The van der Waals surface area contributed by atoms with Crippen molar-refractivity contribution in [3.63, 3.8) is 0 Å². The van der Waals surface area contributed by atoms with Gasteiger partial charge in [0, 0.05) is 13.2 Å². The van der Waals surface area contributed by atoms with Crippen LogP contribution in [0.5, 0.6) is 0 Å². The normalized spacial score (nSPS) is 26.0. The number of thiocarbonyl (C=S) groups is 1. The quantitative estimate of drug-likeness (QED) is 0.462. The van der Waals surface area contributed by atoms with Gasteiger partial charge in [0.1, 0.15) is 5.49 Å². The lowest BCUT2D eigenvalue weighted by Gasteiger charge is -2.06. The molecule has 1 aliphatic heterocycles. The van der Waals surface area contributed by atoms with Crippen LogP contribution in [0.2, 0.25) is 0 Å². The zero-order valence-corrected chi connectivity index (χ0v) is 6.04. The van der Waals surface area contributed by atoms with E-state index in [1.165, 1.54) is 6.42 Å². The maximum absolute atomic E-state index is 5.31. The first kappa shape index (κ1) is 6.96. The molecule has 3 heteroatoms. The van der Waals surface area contributed by atoms with Crippen LogP contribution in [0.1, 0.15) is 12.8 Å². The topological polar surface area (TPSA) is 21.3 Å². The lowest BCUT2D eigenvalue weighted by molar-refractivity contribution is 0.114. The second-order valence-electron chi connectivity index (χ2n) is 2.12. The fourth-order valence-corrected chi connectivity index (χ4v) is 1.04. The number of nitrogens with one attached hydrogen (secondary N) is 1. The minimum atomic E-state index is 0.375. The Balaban J connectivity index is 2.04. The van der Waals surface area contributed by atoms with Crippen LogP contribution in [0.15, 0.2) is 0 Å². The van der Waals surface area contributed by atoms with Crippen molar-refractivity contribution in [3.05, 3.63) is 0 Å². The standard InChI is InChI=1S/C6H10NOS/c9-5-7-4-6-2-1-3-8-6/h6H,1-4H2,(H,7,9). The van der Waals surface area contributed by atoms with E-state index in [9.17, 15) is 0 Å². The Morgan fingerprint density at radius 2 is 2.67 bits per heavy atom. The fraction of sp³-hybridized carbons (Fsp3) is 0.833. The molecule has 0 amide bonds. The second kappa shape index (κ2) is 3.80. The van der Waals surface area contributed by atoms with Crippen molar-refractivity contribution in [2.24, 2.45) is 0 Å². The maximum Gasteiger partial charge on any atom is 0.134 e. The maximum atomic E-state index is 5.31. The summed E-state index contributed by atoms with van der Waals surface area (Å²) in [7, 11) is 0. The van der Waals surface area contributed by atoms with Crippen LogP contribution >= 0.6 is 12.2 Å². The van der Waals surface area contributed by atoms with Crippen LogP contribution in [0.3, 0.4) is 0 Å². The zero-order chi connectivity index (χ0) is 6.53. The summed E-state index contributed by atoms with van der Waals surface area (Å²) < 4.78 is 5.31. The van der Waals surface area contributed by atoms with Crippen LogP contribution in [0.4, 0.5) is 0 Å². The van der Waals surface area contributed by atoms with E-state index in [1.807, 2.05) is 0 Å². The van der Waals surface area contributed by atoms with Gasteiger partial charge in [-0.3, -0.25) is 0 Å². The summed E-state index contributed by atoms with van der Waals surface area (Å²) >= 11 is 4.47. The third-order valence-electron chi connectivity index (χ3n) is 1.43. The summed E-state index contributed by atoms with van der Waals surface area (Å²) in [4.78, 5) is 0. The summed E-state index contributed by atoms with van der Waals surface area (Å²) in [5.74, 6) is 0. The number of hydrogen-bond donors (Lipinski definition) is 1. The summed E-state index contributed by atoms with van der Waals surface area (Å²) in [6.07, 6.45) is 2.72. The van der Waals surface area contributed by atoms with Crippen LogP contribution in [0.25, 0.3) is 0 Å². The summed E-state index contributed by atoms with van der Waals surface area (Å²) in [6, 6.07) is 0. The van der Waals surface area contributed by atoms with Gasteiger partial charge >= 0.3 is 0 Å². The van der Waals surface area contributed by atoms with Crippen LogP contribution in [-0.2, 0) is 4.74 Å². The van der Waals surface area contributed by atoms with Gasteiger partial charge in [-0.1, -0.05) is 12.2 Å². The molecule has 1 unspecified atom stereocenters. The molecule has 0 aliphatic carbocycles. The average molecular weight is 144 g/mol. The Bertz CT molecular complexity index is 91.1. The van der Waals surface area contributed by atoms with E-state index < -0.39 is 0 Å².